The van der Waals surface area contributed by atoms with Crippen LogP contribution in [-0.2, 0) is 14.4 Å². The standard InChI is InChI=1S/C21H26N2O3/c1-20(2)17(21(20,3)4)19(26)22(14-10-11-14)15-12-16(24)23(18(15)25)13-8-6-5-7-9-13/h5-9,14-15,17H,10-12H2,1-4H3. The van der Waals surface area contributed by atoms with Crippen molar-refractivity contribution in [2.75, 3.05) is 4.90 Å². The summed E-state index contributed by atoms with van der Waals surface area (Å²) in [7, 11) is 0. The van der Waals surface area contributed by atoms with Crippen LogP contribution in [0.5, 0.6) is 0 Å². The van der Waals surface area contributed by atoms with E-state index in [2.05, 4.69) is 27.7 Å². The number of anilines is 1. The first kappa shape index (κ1) is 17.3. The molecule has 5 nitrogen and oxygen atoms in total. The molecule has 3 fully saturated rings. The van der Waals surface area contributed by atoms with Crippen molar-refractivity contribution in [1.29, 1.82) is 0 Å². The molecule has 3 aliphatic rings. The average Bonchev–Trinajstić information content (AvgIpc) is 3.42. The van der Waals surface area contributed by atoms with Crippen LogP contribution in [0.3, 0.4) is 0 Å². The van der Waals surface area contributed by atoms with Crippen LogP contribution in [0.2, 0.25) is 0 Å². The predicted molar refractivity (Wildman–Crippen MR) is 98.3 cm³/mol. The number of imide groups is 1. The largest absolute Gasteiger partial charge is 0.327 e. The van der Waals surface area contributed by atoms with Gasteiger partial charge in [0.15, 0.2) is 0 Å². The number of hydrogen-bond acceptors (Lipinski definition) is 3. The molecule has 2 aliphatic carbocycles. The predicted octanol–water partition coefficient (Wildman–Crippen LogP) is 2.99. The molecule has 0 bridgehead atoms. The van der Waals surface area contributed by atoms with Gasteiger partial charge in [-0.2, -0.15) is 0 Å². The van der Waals surface area contributed by atoms with Crippen LogP contribution >= 0.6 is 0 Å². The van der Waals surface area contributed by atoms with E-state index in [0.717, 1.165) is 12.8 Å². The van der Waals surface area contributed by atoms with Gasteiger partial charge in [0.25, 0.3) is 5.91 Å². The number of nitrogens with zero attached hydrogens (tertiary/aromatic N) is 2. The van der Waals surface area contributed by atoms with Crippen LogP contribution in [0.1, 0.15) is 47.0 Å². The van der Waals surface area contributed by atoms with E-state index in [0.29, 0.717) is 5.69 Å². The monoisotopic (exact) mass is 354 g/mol. The molecule has 0 radical (unpaired) electrons. The molecule has 4 rings (SSSR count). The van der Waals surface area contributed by atoms with Crippen LogP contribution < -0.4 is 4.90 Å². The van der Waals surface area contributed by atoms with E-state index < -0.39 is 6.04 Å². The fraction of sp³-hybridized carbons (Fsp3) is 0.571. The Hall–Kier alpha value is -2.17. The van der Waals surface area contributed by atoms with Gasteiger partial charge in [-0.15, -0.1) is 0 Å². The van der Waals surface area contributed by atoms with E-state index in [-0.39, 0.29) is 46.9 Å². The third-order valence-corrected chi connectivity index (χ3v) is 6.94. The zero-order chi connectivity index (χ0) is 18.9. The number of benzene rings is 1. The van der Waals surface area contributed by atoms with Crippen LogP contribution in [-0.4, -0.2) is 34.7 Å². The summed E-state index contributed by atoms with van der Waals surface area (Å²) in [6, 6.07) is 8.43. The lowest BCUT2D eigenvalue weighted by atomic mass is 10.0. The summed E-state index contributed by atoms with van der Waals surface area (Å²) in [6.07, 6.45) is 1.93. The number of amides is 3. The van der Waals surface area contributed by atoms with Crippen LogP contribution in [0, 0.1) is 16.7 Å². The average molecular weight is 354 g/mol. The van der Waals surface area contributed by atoms with E-state index in [9.17, 15) is 14.4 Å². The van der Waals surface area contributed by atoms with E-state index in [1.807, 2.05) is 18.2 Å². The molecule has 0 aromatic heterocycles. The summed E-state index contributed by atoms with van der Waals surface area (Å²) < 4.78 is 0. The third-order valence-electron chi connectivity index (χ3n) is 6.94. The van der Waals surface area contributed by atoms with Crippen LogP contribution in [0.25, 0.3) is 0 Å². The first-order valence-electron chi connectivity index (χ1n) is 9.42. The van der Waals surface area contributed by atoms with E-state index in [1.165, 1.54) is 4.90 Å². The van der Waals surface area contributed by atoms with Gasteiger partial charge in [0.1, 0.15) is 6.04 Å². The third kappa shape index (κ3) is 2.32. The van der Waals surface area contributed by atoms with E-state index >= 15 is 0 Å². The van der Waals surface area contributed by atoms with Crippen molar-refractivity contribution in [3.8, 4) is 0 Å². The van der Waals surface area contributed by atoms with Crippen LogP contribution in [0.4, 0.5) is 5.69 Å². The first-order chi connectivity index (χ1) is 12.2. The summed E-state index contributed by atoms with van der Waals surface area (Å²) in [5.74, 6) is -0.537. The molecule has 138 valence electrons. The molecule has 0 N–H and O–H groups in total. The minimum atomic E-state index is -0.657. The Morgan fingerprint density at radius 1 is 1.04 bits per heavy atom. The quantitative estimate of drug-likeness (QED) is 0.781. The van der Waals surface area contributed by atoms with Gasteiger partial charge in [0.05, 0.1) is 12.1 Å². The number of carbonyl (C=O) groups is 3. The van der Waals surface area contributed by atoms with Crippen molar-refractivity contribution in [3.05, 3.63) is 30.3 Å². The molecule has 2 saturated carbocycles. The lowest BCUT2D eigenvalue weighted by Crippen LogP contribution is -2.48. The molecule has 1 unspecified atom stereocenters. The molecule has 5 heteroatoms. The molecule has 1 saturated heterocycles. The molecule has 1 aromatic carbocycles. The van der Waals surface area contributed by atoms with Crippen LogP contribution in [0.15, 0.2) is 30.3 Å². The van der Waals surface area contributed by atoms with E-state index in [1.54, 1.807) is 17.0 Å². The molecule has 3 amide bonds. The summed E-state index contributed by atoms with van der Waals surface area (Å²) >= 11 is 0. The van der Waals surface area contributed by atoms with Crippen molar-refractivity contribution < 1.29 is 14.4 Å². The van der Waals surface area contributed by atoms with Gasteiger partial charge in [-0.1, -0.05) is 45.9 Å². The number of rotatable bonds is 4. The van der Waals surface area contributed by atoms with Crippen molar-refractivity contribution >= 4 is 23.4 Å². The highest BCUT2D eigenvalue weighted by Crippen LogP contribution is 2.69. The molecular formula is C21H26N2O3. The van der Waals surface area contributed by atoms with Gasteiger partial charge in [0, 0.05) is 12.0 Å². The van der Waals surface area contributed by atoms with Gasteiger partial charge in [-0.05, 0) is 35.8 Å². The van der Waals surface area contributed by atoms with Gasteiger partial charge < -0.3 is 4.90 Å². The highest BCUT2D eigenvalue weighted by Gasteiger charge is 2.70. The Labute approximate surface area is 154 Å². The van der Waals surface area contributed by atoms with Crippen molar-refractivity contribution in [2.24, 2.45) is 16.7 Å². The smallest absolute Gasteiger partial charge is 0.257 e. The summed E-state index contributed by atoms with van der Waals surface area (Å²) in [5.41, 5.74) is 0.421. The summed E-state index contributed by atoms with van der Waals surface area (Å²) in [5, 5.41) is 0. The molecule has 1 heterocycles. The topological polar surface area (TPSA) is 57.7 Å². The maximum atomic E-state index is 13.3. The molecule has 1 atom stereocenters. The number of carbonyl (C=O) groups excluding carboxylic acids is 3. The van der Waals surface area contributed by atoms with Crippen molar-refractivity contribution in [2.45, 2.75) is 59.0 Å². The molecule has 1 aromatic rings. The maximum absolute atomic E-state index is 13.3. The molecule has 1 aliphatic heterocycles. The first-order valence-corrected chi connectivity index (χ1v) is 9.42. The number of hydrogen-bond donors (Lipinski definition) is 0. The van der Waals surface area contributed by atoms with Gasteiger partial charge in [-0.25, -0.2) is 4.90 Å². The maximum Gasteiger partial charge on any atom is 0.257 e. The Balaban J connectivity index is 1.62. The second-order valence-electron chi connectivity index (χ2n) is 8.98. The molecule has 0 spiro atoms. The van der Waals surface area contributed by atoms with Crippen molar-refractivity contribution in [3.63, 3.8) is 0 Å². The minimum Gasteiger partial charge on any atom is -0.327 e. The molecule has 26 heavy (non-hydrogen) atoms. The zero-order valence-electron chi connectivity index (χ0n) is 15.9. The summed E-state index contributed by atoms with van der Waals surface area (Å²) in [4.78, 5) is 42.0. The second kappa shape index (κ2) is 5.41. The Bertz CT molecular complexity index is 766. The Morgan fingerprint density at radius 2 is 1.62 bits per heavy atom. The minimum absolute atomic E-state index is 0.0450. The van der Waals surface area contributed by atoms with E-state index in [4.69, 9.17) is 0 Å². The fourth-order valence-corrected chi connectivity index (χ4v) is 4.59. The van der Waals surface area contributed by atoms with Gasteiger partial charge >= 0.3 is 0 Å². The van der Waals surface area contributed by atoms with Gasteiger partial charge in [0.2, 0.25) is 11.8 Å². The number of para-hydroxylation sites is 1. The normalized spacial score (nSPS) is 26.9. The highest BCUT2D eigenvalue weighted by atomic mass is 16.2. The summed E-state index contributed by atoms with van der Waals surface area (Å²) in [6.45, 7) is 8.44. The SMILES string of the molecule is CC1(C)C(C(=O)N(C2CC2)C2CC(=O)N(c3ccccc3)C2=O)C1(C)C. The highest BCUT2D eigenvalue weighted by molar-refractivity contribution is 6.23. The Morgan fingerprint density at radius 3 is 2.12 bits per heavy atom. The lowest BCUT2D eigenvalue weighted by Gasteiger charge is -2.28. The fourth-order valence-electron chi connectivity index (χ4n) is 4.59. The van der Waals surface area contributed by atoms with Gasteiger partial charge in [-0.3, -0.25) is 14.4 Å². The Kier molecular flexibility index (Phi) is 3.59. The lowest BCUT2D eigenvalue weighted by molar-refractivity contribution is -0.141. The zero-order valence-corrected chi connectivity index (χ0v) is 15.9. The second-order valence-corrected chi connectivity index (χ2v) is 8.98. The van der Waals surface area contributed by atoms with Crippen molar-refractivity contribution in [1.82, 2.24) is 4.90 Å². The molecular weight excluding hydrogens is 328 g/mol.